The summed E-state index contributed by atoms with van der Waals surface area (Å²) >= 11 is 12.0. The number of halogens is 2. The molecule has 0 saturated heterocycles. The highest BCUT2D eigenvalue weighted by molar-refractivity contribution is 6.30. The fraction of sp³-hybridized carbons (Fsp3) is 0.200. The van der Waals surface area contributed by atoms with Gasteiger partial charge in [0.25, 0.3) is 0 Å². The third-order valence-electron chi connectivity index (χ3n) is 3.85. The molecule has 0 aliphatic carbocycles. The molecule has 1 aromatic heterocycles. The summed E-state index contributed by atoms with van der Waals surface area (Å²) in [6.45, 7) is 1.52. The average Bonchev–Trinajstić information content (AvgIpc) is 2.62. The lowest BCUT2D eigenvalue weighted by molar-refractivity contribution is 0.970. The summed E-state index contributed by atoms with van der Waals surface area (Å²) in [6.07, 6.45) is 3.48. The minimum absolute atomic E-state index is 0.611. The van der Waals surface area contributed by atoms with Crippen molar-refractivity contribution in [2.45, 2.75) is 12.8 Å². The molecule has 2 N–H and O–H groups in total. The first-order valence-electron chi connectivity index (χ1n) is 8.49. The van der Waals surface area contributed by atoms with Gasteiger partial charge in [-0.25, -0.2) is 4.98 Å². The van der Waals surface area contributed by atoms with Gasteiger partial charge in [0.1, 0.15) is 5.82 Å². The lowest BCUT2D eigenvalue weighted by atomic mass is 10.1. The predicted molar refractivity (Wildman–Crippen MR) is 109 cm³/mol. The Bertz CT molecular complexity index is 788. The van der Waals surface area contributed by atoms with E-state index in [-0.39, 0.29) is 0 Å². The van der Waals surface area contributed by atoms with Crippen LogP contribution in [0.5, 0.6) is 0 Å². The molecule has 2 aromatic carbocycles. The second-order valence-corrected chi connectivity index (χ2v) is 6.75. The van der Waals surface area contributed by atoms with Crippen LogP contribution in [0.25, 0.3) is 0 Å². The zero-order valence-electron chi connectivity index (χ0n) is 14.3. The largest absolute Gasteiger partial charge is 0.370 e. The zero-order chi connectivity index (χ0) is 18.2. The standard InChI is InChI=1S/C20H20Cl2N4/c21-17-5-1-3-15(13-17)7-10-23-19-9-12-25-20(26-19)24-11-8-16-4-2-6-18(22)14-16/h1-6,9,12-14H,7-8,10-11H2,(H2,23,24,25,26). The normalized spacial score (nSPS) is 10.5. The molecule has 3 rings (SSSR count). The lowest BCUT2D eigenvalue weighted by Gasteiger charge is -2.09. The maximum absolute atomic E-state index is 6.01. The van der Waals surface area contributed by atoms with Crippen molar-refractivity contribution >= 4 is 35.0 Å². The van der Waals surface area contributed by atoms with Gasteiger partial charge in [0.2, 0.25) is 5.95 Å². The molecule has 0 unspecified atom stereocenters. The van der Waals surface area contributed by atoms with Crippen molar-refractivity contribution in [3.05, 3.63) is 82.0 Å². The van der Waals surface area contributed by atoms with Gasteiger partial charge in [0.15, 0.2) is 0 Å². The van der Waals surface area contributed by atoms with Crippen LogP contribution in [0.15, 0.2) is 60.8 Å². The van der Waals surface area contributed by atoms with E-state index in [1.165, 1.54) is 11.1 Å². The van der Waals surface area contributed by atoms with Crippen LogP contribution in [0, 0.1) is 0 Å². The third kappa shape index (κ3) is 5.90. The molecular weight excluding hydrogens is 367 g/mol. The lowest BCUT2D eigenvalue weighted by Crippen LogP contribution is -2.11. The fourth-order valence-electron chi connectivity index (χ4n) is 2.58. The Morgan fingerprint density at radius 2 is 1.38 bits per heavy atom. The monoisotopic (exact) mass is 386 g/mol. The topological polar surface area (TPSA) is 49.8 Å². The van der Waals surface area contributed by atoms with Gasteiger partial charge in [-0.05, 0) is 54.3 Å². The van der Waals surface area contributed by atoms with E-state index in [2.05, 4.69) is 32.7 Å². The summed E-state index contributed by atoms with van der Waals surface area (Å²) in [4.78, 5) is 8.75. The van der Waals surface area contributed by atoms with E-state index >= 15 is 0 Å². The van der Waals surface area contributed by atoms with Gasteiger partial charge in [0.05, 0.1) is 0 Å². The number of hydrogen-bond acceptors (Lipinski definition) is 4. The molecule has 0 aliphatic heterocycles. The van der Waals surface area contributed by atoms with Crippen LogP contribution in [0.4, 0.5) is 11.8 Å². The van der Waals surface area contributed by atoms with Crippen molar-refractivity contribution in [2.24, 2.45) is 0 Å². The highest BCUT2D eigenvalue weighted by Gasteiger charge is 2.01. The van der Waals surface area contributed by atoms with Crippen molar-refractivity contribution in [3.8, 4) is 0 Å². The number of hydrogen-bond donors (Lipinski definition) is 2. The summed E-state index contributed by atoms with van der Waals surface area (Å²) in [5.74, 6) is 1.41. The van der Waals surface area contributed by atoms with Gasteiger partial charge in [0, 0.05) is 29.3 Å². The van der Waals surface area contributed by atoms with E-state index in [0.29, 0.717) is 5.95 Å². The molecule has 3 aromatic rings. The molecule has 134 valence electrons. The molecule has 0 amide bonds. The molecule has 4 nitrogen and oxygen atoms in total. The number of rotatable bonds is 8. The number of aromatic nitrogens is 2. The molecular formula is C20H20Cl2N4. The Labute approximate surface area is 163 Å². The van der Waals surface area contributed by atoms with Crippen LogP contribution in [-0.4, -0.2) is 23.1 Å². The first kappa shape index (κ1) is 18.5. The van der Waals surface area contributed by atoms with E-state index in [1.807, 2.05) is 42.5 Å². The second kappa shape index (κ2) is 9.41. The highest BCUT2D eigenvalue weighted by atomic mass is 35.5. The van der Waals surface area contributed by atoms with Gasteiger partial charge < -0.3 is 10.6 Å². The Kier molecular flexibility index (Phi) is 6.69. The molecule has 0 radical (unpaired) electrons. The van der Waals surface area contributed by atoms with Crippen molar-refractivity contribution in [2.75, 3.05) is 23.7 Å². The smallest absolute Gasteiger partial charge is 0.224 e. The number of anilines is 2. The molecule has 0 bridgehead atoms. The van der Waals surface area contributed by atoms with E-state index < -0.39 is 0 Å². The van der Waals surface area contributed by atoms with Crippen LogP contribution in [-0.2, 0) is 12.8 Å². The Morgan fingerprint density at radius 1 is 0.769 bits per heavy atom. The second-order valence-electron chi connectivity index (χ2n) is 5.88. The molecule has 0 atom stereocenters. The average molecular weight is 387 g/mol. The number of nitrogens with zero attached hydrogens (tertiary/aromatic N) is 2. The zero-order valence-corrected chi connectivity index (χ0v) is 15.8. The summed E-state index contributed by atoms with van der Waals surface area (Å²) in [5, 5.41) is 8.08. The number of benzene rings is 2. The van der Waals surface area contributed by atoms with Crippen LogP contribution < -0.4 is 10.6 Å². The fourth-order valence-corrected chi connectivity index (χ4v) is 3.01. The molecule has 0 aliphatic rings. The summed E-state index contributed by atoms with van der Waals surface area (Å²) in [7, 11) is 0. The number of nitrogens with one attached hydrogen (secondary N) is 2. The van der Waals surface area contributed by atoms with Gasteiger partial charge in [-0.3, -0.25) is 0 Å². The SMILES string of the molecule is Clc1cccc(CCNc2ccnc(NCCc3cccc(Cl)c3)n2)c1. The van der Waals surface area contributed by atoms with E-state index in [4.69, 9.17) is 23.2 Å². The maximum atomic E-state index is 6.01. The molecule has 1 heterocycles. The highest BCUT2D eigenvalue weighted by Crippen LogP contribution is 2.13. The quantitative estimate of drug-likeness (QED) is 0.565. The van der Waals surface area contributed by atoms with Gasteiger partial charge >= 0.3 is 0 Å². The van der Waals surface area contributed by atoms with Gasteiger partial charge in [-0.15, -0.1) is 0 Å². The van der Waals surface area contributed by atoms with Crippen LogP contribution in [0.2, 0.25) is 10.0 Å². The van der Waals surface area contributed by atoms with Crippen molar-refractivity contribution in [1.29, 1.82) is 0 Å². The summed E-state index contributed by atoms with van der Waals surface area (Å²) < 4.78 is 0. The minimum Gasteiger partial charge on any atom is -0.370 e. The van der Waals surface area contributed by atoms with Crippen molar-refractivity contribution in [1.82, 2.24) is 9.97 Å². The van der Waals surface area contributed by atoms with Crippen molar-refractivity contribution < 1.29 is 0 Å². The molecule has 0 fully saturated rings. The first-order chi connectivity index (χ1) is 12.7. The minimum atomic E-state index is 0.611. The third-order valence-corrected chi connectivity index (χ3v) is 4.32. The van der Waals surface area contributed by atoms with E-state index in [1.54, 1.807) is 6.20 Å². The predicted octanol–water partition coefficient (Wildman–Crippen LogP) is 5.09. The van der Waals surface area contributed by atoms with E-state index in [9.17, 15) is 0 Å². The van der Waals surface area contributed by atoms with Crippen LogP contribution >= 0.6 is 23.2 Å². The van der Waals surface area contributed by atoms with E-state index in [0.717, 1.165) is 41.8 Å². The molecule has 0 saturated carbocycles. The maximum Gasteiger partial charge on any atom is 0.224 e. The van der Waals surface area contributed by atoms with Gasteiger partial charge in [-0.1, -0.05) is 47.5 Å². The van der Waals surface area contributed by atoms with Crippen LogP contribution in [0.3, 0.4) is 0 Å². The van der Waals surface area contributed by atoms with Gasteiger partial charge in [-0.2, -0.15) is 4.98 Å². The molecule has 6 heteroatoms. The summed E-state index contributed by atoms with van der Waals surface area (Å²) in [6, 6.07) is 17.6. The van der Waals surface area contributed by atoms with Crippen molar-refractivity contribution in [3.63, 3.8) is 0 Å². The Morgan fingerprint density at radius 3 is 2.00 bits per heavy atom. The summed E-state index contributed by atoms with van der Waals surface area (Å²) in [5.41, 5.74) is 2.37. The Balaban J connectivity index is 1.46. The molecule has 26 heavy (non-hydrogen) atoms. The Hall–Kier alpha value is -2.30. The molecule has 0 spiro atoms. The first-order valence-corrected chi connectivity index (χ1v) is 9.24. The van der Waals surface area contributed by atoms with Crippen LogP contribution in [0.1, 0.15) is 11.1 Å².